The van der Waals surface area contributed by atoms with Crippen molar-refractivity contribution in [2.24, 2.45) is 0 Å². The SMILES string of the molecule is Cc1ccccc1C(=O)CN(CC(F)(F)F)C(C)C. The van der Waals surface area contributed by atoms with E-state index < -0.39 is 12.7 Å². The van der Waals surface area contributed by atoms with Crippen LogP contribution in [0.3, 0.4) is 0 Å². The van der Waals surface area contributed by atoms with Crippen molar-refractivity contribution in [3.05, 3.63) is 35.4 Å². The highest BCUT2D eigenvalue weighted by Gasteiger charge is 2.32. The number of carbonyl (C=O) groups excluding carboxylic acids is 1. The Morgan fingerprint density at radius 2 is 1.84 bits per heavy atom. The van der Waals surface area contributed by atoms with E-state index >= 15 is 0 Å². The lowest BCUT2D eigenvalue weighted by atomic mass is 10.0. The predicted molar refractivity (Wildman–Crippen MR) is 68.3 cm³/mol. The highest BCUT2D eigenvalue weighted by Crippen LogP contribution is 2.19. The summed E-state index contributed by atoms with van der Waals surface area (Å²) in [5, 5.41) is 0. The van der Waals surface area contributed by atoms with Gasteiger partial charge in [0.25, 0.3) is 0 Å². The van der Waals surface area contributed by atoms with E-state index in [1.807, 2.05) is 0 Å². The molecular weight excluding hydrogens is 255 g/mol. The van der Waals surface area contributed by atoms with E-state index in [1.54, 1.807) is 45.0 Å². The van der Waals surface area contributed by atoms with Gasteiger partial charge in [-0.25, -0.2) is 0 Å². The molecule has 0 atom stereocenters. The number of ketones is 1. The van der Waals surface area contributed by atoms with Gasteiger partial charge in [0.15, 0.2) is 5.78 Å². The number of Topliss-reactive ketones (excluding diaryl/α,β-unsaturated/α-hetero) is 1. The van der Waals surface area contributed by atoms with Crippen molar-refractivity contribution in [2.75, 3.05) is 13.1 Å². The van der Waals surface area contributed by atoms with Crippen molar-refractivity contribution in [3.8, 4) is 0 Å². The van der Waals surface area contributed by atoms with Crippen LogP contribution in [-0.4, -0.2) is 36.0 Å². The maximum atomic E-state index is 12.4. The van der Waals surface area contributed by atoms with Crippen LogP contribution < -0.4 is 0 Å². The van der Waals surface area contributed by atoms with E-state index in [1.165, 1.54) is 0 Å². The summed E-state index contributed by atoms with van der Waals surface area (Å²) in [4.78, 5) is 13.2. The lowest BCUT2D eigenvalue weighted by molar-refractivity contribution is -0.148. The minimum Gasteiger partial charge on any atom is -0.293 e. The van der Waals surface area contributed by atoms with Crippen LogP contribution in [0.2, 0.25) is 0 Å². The van der Waals surface area contributed by atoms with Gasteiger partial charge in [0.2, 0.25) is 0 Å². The molecule has 0 aliphatic heterocycles. The molecule has 2 nitrogen and oxygen atoms in total. The lowest BCUT2D eigenvalue weighted by Gasteiger charge is -2.26. The summed E-state index contributed by atoms with van der Waals surface area (Å²) in [5.41, 5.74) is 1.26. The summed E-state index contributed by atoms with van der Waals surface area (Å²) in [6, 6.07) is 6.58. The summed E-state index contributed by atoms with van der Waals surface area (Å²) in [6.45, 7) is 3.79. The van der Waals surface area contributed by atoms with Gasteiger partial charge in [0.05, 0.1) is 13.1 Å². The number of halogens is 3. The Bertz CT molecular complexity index is 441. The third-order valence-electron chi connectivity index (χ3n) is 2.90. The monoisotopic (exact) mass is 273 g/mol. The Kier molecular flexibility index (Phi) is 5.11. The van der Waals surface area contributed by atoms with Gasteiger partial charge in [-0.3, -0.25) is 9.69 Å². The normalized spacial score (nSPS) is 12.2. The number of rotatable bonds is 5. The number of nitrogens with zero attached hydrogens (tertiary/aromatic N) is 1. The van der Waals surface area contributed by atoms with Crippen LogP contribution in [0.25, 0.3) is 0 Å². The predicted octanol–water partition coefficient (Wildman–Crippen LogP) is 3.45. The van der Waals surface area contributed by atoms with Crippen molar-refractivity contribution in [2.45, 2.75) is 33.0 Å². The maximum absolute atomic E-state index is 12.4. The van der Waals surface area contributed by atoms with Crippen molar-refractivity contribution in [3.63, 3.8) is 0 Å². The Labute approximate surface area is 111 Å². The van der Waals surface area contributed by atoms with E-state index in [2.05, 4.69) is 0 Å². The topological polar surface area (TPSA) is 20.3 Å². The van der Waals surface area contributed by atoms with Gasteiger partial charge in [-0.15, -0.1) is 0 Å². The average Bonchev–Trinajstić information content (AvgIpc) is 2.26. The first-order valence-electron chi connectivity index (χ1n) is 6.10. The van der Waals surface area contributed by atoms with Crippen molar-refractivity contribution in [1.82, 2.24) is 4.90 Å². The highest BCUT2D eigenvalue weighted by atomic mass is 19.4. The molecule has 0 fully saturated rings. The van der Waals surface area contributed by atoms with Gasteiger partial charge in [0, 0.05) is 11.6 Å². The molecule has 0 heterocycles. The molecule has 0 aliphatic rings. The minimum absolute atomic E-state index is 0.220. The number of carbonyl (C=O) groups is 1. The highest BCUT2D eigenvalue weighted by molar-refractivity contribution is 5.98. The smallest absolute Gasteiger partial charge is 0.293 e. The second-order valence-corrected chi connectivity index (χ2v) is 4.85. The fourth-order valence-corrected chi connectivity index (χ4v) is 1.81. The van der Waals surface area contributed by atoms with Gasteiger partial charge in [-0.2, -0.15) is 13.2 Å². The van der Waals surface area contributed by atoms with Crippen LogP contribution in [0.1, 0.15) is 29.8 Å². The fraction of sp³-hybridized carbons (Fsp3) is 0.500. The van der Waals surface area contributed by atoms with Gasteiger partial charge in [0.1, 0.15) is 0 Å². The number of alkyl halides is 3. The van der Waals surface area contributed by atoms with Gasteiger partial charge >= 0.3 is 6.18 Å². The molecule has 1 aromatic carbocycles. The Morgan fingerprint density at radius 1 is 1.26 bits per heavy atom. The van der Waals surface area contributed by atoms with E-state index in [0.29, 0.717) is 5.56 Å². The first-order chi connectivity index (χ1) is 8.70. The standard InChI is InChI=1S/C14H18F3NO/c1-10(2)18(9-14(15,16)17)8-13(19)12-7-5-4-6-11(12)3/h4-7,10H,8-9H2,1-3H3. The first-order valence-corrected chi connectivity index (χ1v) is 6.10. The zero-order chi connectivity index (χ0) is 14.6. The van der Waals surface area contributed by atoms with Gasteiger partial charge < -0.3 is 0 Å². The van der Waals surface area contributed by atoms with Crippen molar-refractivity contribution >= 4 is 5.78 Å². The summed E-state index contributed by atoms with van der Waals surface area (Å²) < 4.78 is 37.3. The molecule has 0 saturated heterocycles. The molecule has 0 aliphatic carbocycles. The fourth-order valence-electron chi connectivity index (χ4n) is 1.81. The zero-order valence-electron chi connectivity index (χ0n) is 11.3. The Morgan fingerprint density at radius 3 is 2.32 bits per heavy atom. The molecule has 5 heteroatoms. The third-order valence-corrected chi connectivity index (χ3v) is 2.90. The number of benzene rings is 1. The molecule has 106 valence electrons. The van der Waals surface area contributed by atoms with Crippen LogP contribution in [0.4, 0.5) is 13.2 Å². The van der Waals surface area contributed by atoms with Crippen LogP contribution in [0, 0.1) is 6.92 Å². The van der Waals surface area contributed by atoms with Crippen molar-refractivity contribution < 1.29 is 18.0 Å². The third kappa shape index (κ3) is 5.03. The average molecular weight is 273 g/mol. The van der Waals surface area contributed by atoms with E-state index in [9.17, 15) is 18.0 Å². The second kappa shape index (κ2) is 6.19. The maximum Gasteiger partial charge on any atom is 0.401 e. The number of hydrogen-bond acceptors (Lipinski definition) is 2. The molecular formula is C14H18F3NO. The molecule has 1 aromatic rings. The Balaban J connectivity index is 2.80. The van der Waals surface area contributed by atoms with E-state index in [4.69, 9.17) is 0 Å². The number of aryl methyl sites for hydroxylation is 1. The zero-order valence-corrected chi connectivity index (χ0v) is 11.3. The number of hydrogen-bond donors (Lipinski definition) is 0. The molecule has 0 bridgehead atoms. The van der Waals surface area contributed by atoms with Crippen LogP contribution in [-0.2, 0) is 0 Å². The summed E-state index contributed by atoms with van der Waals surface area (Å²) in [5.74, 6) is -0.281. The molecule has 0 saturated carbocycles. The first kappa shape index (κ1) is 15.7. The van der Waals surface area contributed by atoms with Crippen LogP contribution in [0.15, 0.2) is 24.3 Å². The molecule has 0 aromatic heterocycles. The van der Waals surface area contributed by atoms with E-state index in [-0.39, 0.29) is 18.4 Å². The molecule has 0 spiro atoms. The molecule has 0 N–H and O–H groups in total. The molecule has 19 heavy (non-hydrogen) atoms. The quantitative estimate of drug-likeness (QED) is 0.766. The van der Waals surface area contributed by atoms with E-state index in [0.717, 1.165) is 10.5 Å². The summed E-state index contributed by atoms with van der Waals surface area (Å²) in [7, 11) is 0. The van der Waals surface area contributed by atoms with Gasteiger partial charge in [-0.1, -0.05) is 24.3 Å². The van der Waals surface area contributed by atoms with Crippen LogP contribution in [0.5, 0.6) is 0 Å². The largest absolute Gasteiger partial charge is 0.401 e. The summed E-state index contributed by atoms with van der Waals surface area (Å²) in [6.07, 6.45) is -4.30. The molecule has 0 radical (unpaired) electrons. The Hall–Kier alpha value is -1.36. The second-order valence-electron chi connectivity index (χ2n) is 4.85. The minimum atomic E-state index is -4.30. The summed E-state index contributed by atoms with van der Waals surface area (Å²) >= 11 is 0. The molecule has 0 unspecified atom stereocenters. The van der Waals surface area contributed by atoms with Crippen LogP contribution >= 0.6 is 0 Å². The van der Waals surface area contributed by atoms with Crippen molar-refractivity contribution in [1.29, 1.82) is 0 Å². The molecule has 1 rings (SSSR count). The lowest BCUT2D eigenvalue weighted by Crippen LogP contribution is -2.42. The van der Waals surface area contributed by atoms with Gasteiger partial charge in [-0.05, 0) is 26.3 Å². The molecule has 0 amide bonds.